The maximum absolute atomic E-state index is 6.09. The summed E-state index contributed by atoms with van der Waals surface area (Å²) in [6.07, 6.45) is 12.0. The summed E-state index contributed by atoms with van der Waals surface area (Å²) in [5, 5.41) is 4.50. The normalized spacial score (nSPS) is 26.6. The van der Waals surface area contributed by atoms with E-state index in [1.807, 2.05) is 0 Å². The standard InChI is InChI=1S/C26H31N3O2/c1-20-9-11-22-24(12-10-20)30-19-23-25(31-27-26(22)23)18-29-16-14-28(15-17-29)13-5-8-21-6-3-2-4-7-21/h2-8,10-12,23,25H,9,13-19H2,1H3/b8-5+. The number of oxime groups is 1. The van der Waals surface area contributed by atoms with Crippen molar-refractivity contribution in [2.45, 2.75) is 19.4 Å². The number of nitrogens with zero attached hydrogens (tertiary/aromatic N) is 3. The van der Waals surface area contributed by atoms with E-state index in [-0.39, 0.29) is 12.0 Å². The highest BCUT2D eigenvalue weighted by Crippen LogP contribution is 2.35. The minimum atomic E-state index is 0.0827. The Hall–Kier alpha value is -2.63. The number of rotatable bonds is 5. The van der Waals surface area contributed by atoms with Crippen LogP contribution in [0.25, 0.3) is 6.08 Å². The zero-order valence-corrected chi connectivity index (χ0v) is 18.2. The fourth-order valence-electron chi connectivity index (χ4n) is 4.62. The molecule has 1 aromatic carbocycles. The summed E-state index contributed by atoms with van der Waals surface area (Å²) in [7, 11) is 0. The van der Waals surface area contributed by atoms with Gasteiger partial charge >= 0.3 is 0 Å². The Balaban J connectivity index is 1.11. The molecular formula is C26H31N3O2. The van der Waals surface area contributed by atoms with Gasteiger partial charge in [0.1, 0.15) is 18.1 Å². The van der Waals surface area contributed by atoms with Crippen molar-refractivity contribution in [3.05, 3.63) is 77.1 Å². The number of allylic oxidation sites excluding steroid dienone is 5. The smallest absolute Gasteiger partial charge is 0.151 e. The molecule has 3 aliphatic heterocycles. The van der Waals surface area contributed by atoms with Crippen molar-refractivity contribution in [1.82, 2.24) is 9.80 Å². The number of benzene rings is 1. The van der Waals surface area contributed by atoms with E-state index in [0.29, 0.717) is 6.61 Å². The van der Waals surface area contributed by atoms with Crippen LogP contribution in [-0.2, 0) is 9.57 Å². The van der Waals surface area contributed by atoms with E-state index in [4.69, 9.17) is 9.57 Å². The van der Waals surface area contributed by atoms with Crippen LogP contribution in [0.5, 0.6) is 0 Å². The molecule has 0 spiro atoms. The van der Waals surface area contributed by atoms with Gasteiger partial charge in [0, 0.05) is 44.8 Å². The molecule has 5 heteroatoms. The Morgan fingerprint density at radius 3 is 2.71 bits per heavy atom. The van der Waals surface area contributed by atoms with Crippen molar-refractivity contribution in [2.24, 2.45) is 11.1 Å². The SMILES string of the molecule is CC1=CC=C2OCC3C(=NOC3CN3CCN(C/C=C/c4ccccc4)CC3)C2=CC1. The second-order valence-electron chi connectivity index (χ2n) is 8.82. The lowest BCUT2D eigenvalue weighted by Gasteiger charge is -2.36. The van der Waals surface area contributed by atoms with E-state index in [1.165, 1.54) is 11.1 Å². The molecular weight excluding hydrogens is 386 g/mol. The van der Waals surface area contributed by atoms with E-state index in [2.05, 4.69) is 82.6 Å². The summed E-state index contributed by atoms with van der Waals surface area (Å²) in [5.74, 6) is 1.17. The van der Waals surface area contributed by atoms with Crippen molar-refractivity contribution >= 4 is 11.8 Å². The minimum Gasteiger partial charge on any atom is -0.492 e. The molecule has 0 bridgehead atoms. The molecule has 2 fully saturated rings. The van der Waals surface area contributed by atoms with Gasteiger partial charge in [-0.15, -0.1) is 0 Å². The number of hydrogen-bond donors (Lipinski definition) is 0. The Bertz CT molecular complexity index is 937. The fourth-order valence-corrected chi connectivity index (χ4v) is 4.62. The topological polar surface area (TPSA) is 37.3 Å². The Morgan fingerprint density at radius 2 is 1.87 bits per heavy atom. The maximum Gasteiger partial charge on any atom is 0.151 e. The summed E-state index contributed by atoms with van der Waals surface area (Å²) >= 11 is 0. The third kappa shape index (κ3) is 4.68. The van der Waals surface area contributed by atoms with Crippen LogP contribution in [0.15, 0.2) is 76.7 Å². The highest BCUT2D eigenvalue weighted by Gasteiger charge is 2.42. The molecule has 0 amide bonds. The van der Waals surface area contributed by atoms with E-state index in [0.717, 1.165) is 62.7 Å². The fraction of sp³-hybridized carbons (Fsp3) is 0.423. The van der Waals surface area contributed by atoms with Crippen molar-refractivity contribution in [3.63, 3.8) is 0 Å². The van der Waals surface area contributed by atoms with Crippen LogP contribution in [-0.4, -0.2) is 67.5 Å². The monoisotopic (exact) mass is 417 g/mol. The molecule has 3 heterocycles. The van der Waals surface area contributed by atoms with Gasteiger partial charge in [-0.3, -0.25) is 9.80 Å². The molecule has 2 unspecified atom stereocenters. The maximum atomic E-state index is 6.09. The van der Waals surface area contributed by atoms with Crippen LogP contribution >= 0.6 is 0 Å². The molecule has 4 aliphatic rings. The summed E-state index contributed by atoms with van der Waals surface area (Å²) in [5.41, 5.74) is 4.80. The number of fused-ring (bicyclic) bond motifs is 3. The number of piperazine rings is 1. The molecule has 162 valence electrons. The largest absolute Gasteiger partial charge is 0.492 e. The van der Waals surface area contributed by atoms with E-state index in [1.54, 1.807) is 0 Å². The van der Waals surface area contributed by atoms with Gasteiger partial charge in [0.25, 0.3) is 0 Å². The minimum absolute atomic E-state index is 0.0827. The van der Waals surface area contributed by atoms with Gasteiger partial charge in [-0.05, 0) is 25.0 Å². The Morgan fingerprint density at radius 1 is 1.06 bits per heavy atom. The van der Waals surface area contributed by atoms with Gasteiger partial charge in [0.2, 0.25) is 0 Å². The van der Waals surface area contributed by atoms with Gasteiger partial charge in [0.05, 0.1) is 5.92 Å². The molecule has 0 N–H and O–H groups in total. The van der Waals surface area contributed by atoms with E-state index < -0.39 is 0 Å². The molecule has 0 saturated carbocycles. The second kappa shape index (κ2) is 9.25. The Labute approximate surface area is 185 Å². The molecule has 5 rings (SSSR count). The highest BCUT2D eigenvalue weighted by molar-refractivity contribution is 6.06. The van der Waals surface area contributed by atoms with E-state index in [9.17, 15) is 0 Å². The van der Waals surface area contributed by atoms with E-state index >= 15 is 0 Å². The first-order valence-corrected chi connectivity index (χ1v) is 11.4. The van der Waals surface area contributed by atoms with Gasteiger partial charge in [-0.2, -0.15) is 0 Å². The van der Waals surface area contributed by atoms with Crippen molar-refractivity contribution in [3.8, 4) is 0 Å². The summed E-state index contributed by atoms with van der Waals surface area (Å²) in [6, 6.07) is 10.5. The van der Waals surface area contributed by atoms with Gasteiger partial charge in [0.15, 0.2) is 6.10 Å². The Kier molecular flexibility index (Phi) is 6.05. The summed E-state index contributed by atoms with van der Waals surface area (Å²) in [4.78, 5) is 10.9. The van der Waals surface area contributed by atoms with Gasteiger partial charge < -0.3 is 9.57 Å². The molecule has 0 radical (unpaired) electrons. The lowest BCUT2D eigenvalue weighted by molar-refractivity contribution is 0.00479. The molecule has 1 aromatic rings. The predicted molar refractivity (Wildman–Crippen MR) is 125 cm³/mol. The third-order valence-electron chi connectivity index (χ3n) is 6.57. The zero-order chi connectivity index (χ0) is 21.0. The van der Waals surface area contributed by atoms with Crippen LogP contribution in [0, 0.1) is 5.92 Å². The average Bonchev–Trinajstić information content (AvgIpc) is 3.10. The summed E-state index contributed by atoms with van der Waals surface area (Å²) < 4.78 is 6.09. The van der Waals surface area contributed by atoms with Crippen LogP contribution in [0.1, 0.15) is 18.9 Å². The first-order valence-electron chi connectivity index (χ1n) is 11.4. The van der Waals surface area contributed by atoms with Crippen LogP contribution in [0.3, 0.4) is 0 Å². The van der Waals surface area contributed by atoms with Crippen molar-refractivity contribution < 1.29 is 9.57 Å². The average molecular weight is 418 g/mol. The quantitative estimate of drug-likeness (QED) is 0.729. The number of hydrogen-bond acceptors (Lipinski definition) is 5. The predicted octanol–water partition coefficient (Wildman–Crippen LogP) is 3.88. The number of ether oxygens (including phenoxy) is 1. The third-order valence-corrected chi connectivity index (χ3v) is 6.57. The zero-order valence-electron chi connectivity index (χ0n) is 18.2. The van der Waals surface area contributed by atoms with Crippen LogP contribution < -0.4 is 0 Å². The van der Waals surface area contributed by atoms with Crippen LogP contribution in [0.4, 0.5) is 0 Å². The summed E-state index contributed by atoms with van der Waals surface area (Å²) in [6.45, 7) is 9.03. The lowest BCUT2D eigenvalue weighted by Crippen LogP contribution is -2.50. The van der Waals surface area contributed by atoms with Crippen LogP contribution in [0.2, 0.25) is 0 Å². The first kappa shape index (κ1) is 20.3. The van der Waals surface area contributed by atoms with Crippen molar-refractivity contribution in [1.29, 1.82) is 0 Å². The lowest BCUT2D eigenvalue weighted by atomic mass is 9.89. The highest BCUT2D eigenvalue weighted by atomic mass is 16.6. The molecule has 2 atom stereocenters. The van der Waals surface area contributed by atoms with Crippen molar-refractivity contribution in [2.75, 3.05) is 45.9 Å². The second-order valence-corrected chi connectivity index (χ2v) is 8.82. The molecule has 1 aliphatic carbocycles. The first-order chi connectivity index (χ1) is 15.3. The molecule has 5 nitrogen and oxygen atoms in total. The molecule has 0 aromatic heterocycles. The van der Waals surface area contributed by atoms with Gasteiger partial charge in [-0.25, -0.2) is 0 Å². The molecule has 31 heavy (non-hydrogen) atoms. The van der Waals surface area contributed by atoms with Gasteiger partial charge in [-0.1, -0.05) is 65.4 Å². The molecule has 2 saturated heterocycles.